The summed E-state index contributed by atoms with van der Waals surface area (Å²) in [4.78, 5) is 27.8. The summed E-state index contributed by atoms with van der Waals surface area (Å²) in [6, 6.07) is 11.7. The van der Waals surface area contributed by atoms with Crippen LogP contribution in [0, 0.1) is 0 Å². The Morgan fingerprint density at radius 2 is 1.93 bits per heavy atom. The van der Waals surface area contributed by atoms with E-state index in [-0.39, 0.29) is 11.3 Å². The number of hydrogen-bond acceptors (Lipinski definition) is 5. The number of hydrogen-bond donors (Lipinski definition) is 0. The molecule has 2 aliphatic rings. The highest BCUT2D eigenvalue weighted by Gasteiger charge is 2.48. The molecular formula is C21H21ClN4OS. The van der Waals surface area contributed by atoms with E-state index in [1.807, 2.05) is 41.3 Å². The van der Waals surface area contributed by atoms with Crippen LogP contribution in [-0.2, 0) is 10.2 Å². The number of carbonyl (C=O) groups is 1. The van der Waals surface area contributed by atoms with Gasteiger partial charge in [-0.05, 0) is 42.7 Å². The SMILES string of the molecule is O=C(N1CCN(c2nc3cccnc3s2)CC1)C1(c2cccc(Cl)c2)CCC1. The molecule has 0 N–H and O–H groups in total. The van der Waals surface area contributed by atoms with Gasteiger partial charge in [0.1, 0.15) is 10.3 Å². The number of aromatic nitrogens is 2. The second-order valence-corrected chi connectivity index (χ2v) is 8.94. The number of rotatable bonds is 3. The zero-order valence-corrected chi connectivity index (χ0v) is 17.0. The molecule has 144 valence electrons. The smallest absolute Gasteiger partial charge is 0.233 e. The second kappa shape index (κ2) is 7.01. The van der Waals surface area contributed by atoms with Crippen LogP contribution in [0.2, 0.25) is 5.02 Å². The maximum atomic E-state index is 13.4. The van der Waals surface area contributed by atoms with Crippen molar-refractivity contribution in [2.45, 2.75) is 24.7 Å². The third kappa shape index (κ3) is 2.95. The van der Waals surface area contributed by atoms with E-state index in [1.54, 1.807) is 17.5 Å². The van der Waals surface area contributed by atoms with Crippen LogP contribution < -0.4 is 4.90 Å². The molecule has 28 heavy (non-hydrogen) atoms. The predicted molar refractivity (Wildman–Crippen MR) is 113 cm³/mol. The fourth-order valence-electron chi connectivity index (χ4n) is 4.24. The lowest BCUT2D eigenvalue weighted by Gasteiger charge is -2.46. The van der Waals surface area contributed by atoms with Gasteiger partial charge in [0.05, 0.1) is 5.41 Å². The Morgan fingerprint density at radius 1 is 1.11 bits per heavy atom. The summed E-state index contributed by atoms with van der Waals surface area (Å²) in [6.45, 7) is 3.06. The van der Waals surface area contributed by atoms with Crippen molar-refractivity contribution in [3.63, 3.8) is 0 Å². The number of pyridine rings is 1. The molecule has 1 saturated carbocycles. The molecule has 0 radical (unpaired) electrons. The molecular weight excluding hydrogens is 392 g/mol. The van der Waals surface area contributed by atoms with E-state index in [9.17, 15) is 4.79 Å². The average Bonchev–Trinajstić information content (AvgIpc) is 3.11. The van der Waals surface area contributed by atoms with Gasteiger partial charge in [-0.2, -0.15) is 0 Å². The summed E-state index contributed by atoms with van der Waals surface area (Å²) in [5.41, 5.74) is 1.62. The molecule has 0 bridgehead atoms. The van der Waals surface area contributed by atoms with E-state index >= 15 is 0 Å². The number of piperazine rings is 1. The van der Waals surface area contributed by atoms with E-state index in [2.05, 4.69) is 9.88 Å². The number of halogens is 1. The molecule has 1 saturated heterocycles. The minimum absolute atomic E-state index is 0.256. The zero-order chi connectivity index (χ0) is 19.1. The molecule has 3 aromatic rings. The number of carbonyl (C=O) groups excluding carboxylic acids is 1. The van der Waals surface area contributed by atoms with Gasteiger partial charge in [0, 0.05) is 37.4 Å². The quantitative estimate of drug-likeness (QED) is 0.649. The number of benzene rings is 1. The Bertz CT molecular complexity index is 991. The lowest BCUT2D eigenvalue weighted by molar-refractivity contribution is -0.141. The molecule has 1 aliphatic heterocycles. The monoisotopic (exact) mass is 412 g/mol. The van der Waals surface area contributed by atoms with E-state index in [0.717, 1.165) is 66.5 Å². The summed E-state index contributed by atoms with van der Waals surface area (Å²) in [5, 5.41) is 1.69. The molecule has 5 nitrogen and oxygen atoms in total. The van der Waals surface area contributed by atoms with Crippen LogP contribution in [0.3, 0.4) is 0 Å². The first-order valence-corrected chi connectivity index (χ1v) is 10.9. The molecule has 1 amide bonds. The molecule has 7 heteroatoms. The minimum atomic E-state index is -0.382. The van der Waals surface area contributed by atoms with Gasteiger partial charge in [-0.3, -0.25) is 4.79 Å². The summed E-state index contributed by atoms with van der Waals surface area (Å²) in [7, 11) is 0. The standard InChI is InChI=1S/C21H21ClN4OS/c22-16-5-1-4-15(14-16)21(7-3-8-21)19(27)25-10-12-26(13-11-25)20-24-17-6-2-9-23-18(17)28-20/h1-2,4-6,9,14H,3,7-8,10-13H2. The molecule has 5 rings (SSSR count). The highest BCUT2D eigenvalue weighted by molar-refractivity contribution is 7.21. The number of thiazole rings is 1. The molecule has 2 aromatic heterocycles. The molecule has 0 unspecified atom stereocenters. The third-order valence-electron chi connectivity index (χ3n) is 5.99. The van der Waals surface area contributed by atoms with Gasteiger partial charge in [0.25, 0.3) is 0 Å². The lowest BCUT2D eigenvalue weighted by atomic mass is 9.63. The van der Waals surface area contributed by atoms with Gasteiger partial charge in [0.15, 0.2) is 5.13 Å². The largest absolute Gasteiger partial charge is 0.344 e. The van der Waals surface area contributed by atoms with Crippen molar-refractivity contribution in [1.82, 2.24) is 14.9 Å². The van der Waals surface area contributed by atoms with Crippen LogP contribution in [-0.4, -0.2) is 47.0 Å². The fourth-order valence-corrected chi connectivity index (χ4v) is 5.39. The number of anilines is 1. The molecule has 0 atom stereocenters. The Morgan fingerprint density at radius 3 is 2.61 bits per heavy atom. The predicted octanol–water partition coefficient (Wildman–Crippen LogP) is 4.12. The van der Waals surface area contributed by atoms with E-state index in [1.165, 1.54) is 0 Å². The first-order chi connectivity index (χ1) is 13.7. The van der Waals surface area contributed by atoms with E-state index in [4.69, 9.17) is 16.6 Å². The maximum Gasteiger partial charge on any atom is 0.233 e. The average molecular weight is 413 g/mol. The number of amides is 1. The van der Waals surface area contributed by atoms with E-state index in [0.29, 0.717) is 5.02 Å². The maximum absolute atomic E-state index is 13.4. The van der Waals surface area contributed by atoms with Crippen molar-refractivity contribution in [2.75, 3.05) is 31.1 Å². The number of nitrogens with zero attached hydrogens (tertiary/aromatic N) is 4. The van der Waals surface area contributed by atoms with Gasteiger partial charge in [-0.15, -0.1) is 0 Å². The highest BCUT2D eigenvalue weighted by Crippen LogP contribution is 2.46. The van der Waals surface area contributed by atoms with Gasteiger partial charge in [0.2, 0.25) is 5.91 Å². The van der Waals surface area contributed by atoms with Crippen molar-refractivity contribution in [3.8, 4) is 0 Å². The van der Waals surface area contributed by atoms with Gasteiger partial charge >= 0.3 is 0 Å². The Kier molecular flexibility index (Phi) is 4.48. The van der Waals surface area contributed by atoms with Gasteiger partial charge in [-0.1, -0.05) is 41.5 Å². The van der Waals surface area contributed by atoms with Crippen LogP contribution in [0.1, 0.15) is 24.8 Å². The van der Waals surface area contributed by atoms with Gasteiger partial charge < -0.3 is 9.80 Å². The van der Waals surface area contributed by atoms with Crippen LogP contribution in [0.15, 0.2) is 42.6 Å². The van der Waals surface area contributed by atoms with E-state index < -0.39 is 0 Å². The summed E-state index contributed by atoms with van der Waals surface area (Å²) in [6.07, 6.45) is 4.72. The van der Waals surface area contributed by atoms with Crippen LogP contribution in [0.25, 0.3) is 10.3 Å². The van der Waals surface area contributed by atoms with Crippen LogP contribution >= 0.6 is 22.9 Å². The van der Waals surface area contributed by atoms with Crippen LogP contribution in [0.5, 0.6) is 0 Å². The summed E-state index contributed by atoms with van der Waals surface area (Å²) in [5.74, 6) is 0.256. The van der Waals surface area contributed by atoms with Gasteiger partial charge in [-0.25, -0.2) is 9.97 Å². The Hall–Kier alpha value is -2.18. The zero-order valence-electron chi connectivity index (χ0n) is 15.5. The topological polar surface area (TPSA) is 49.3 Å². The normalized spacial score (nSPS) is 18.9. The first kappa shape index (κ1) is 17.9. The molecule has 0 spiro atoms. The second-order valence-electron chi connectivity index (χ2n) is 7.55. The Labute approximate surface area is 173 Å². The highest BCUT2D eigenvalue weighted by atomic mass is 35.5. The minimum Gasteiger partial charge on any atom is -0.344 e. The Balaban J connectivity index is 1.31. The molecule has 3 heterocycles. The van der Waals surface area contributed by atoms with Crippen molar-refractivity contribution < 1.29 is 4.79 Å². The number of fused-ring (bicyclic) bond motifs is 1. The molecule has 1 aliphatic carbocycles. The lowest BCUT2D eigenvalue weighted by Crippen LogP contribution is -2.56. The van der Waals surface area contributed by atoms with Crippen LogP contribution in [0.4, 0.5) is 5.13 Å². The third-order valence-corrected chi connectivity index (χ3v) is 7.26. The van der Waals surface area contributed by atoms with Crippen molar-refractivity contribution in [2.24, 2.45) is 0 Å². The first-order valence-electron chi connectivity index (χ1n) is 9.68. The molecule has 1 aromatic carbocycles. The van der Waals surface area contributed by atoms with Crippen molar-refractivity contribution >= 4 is 44.3 Å². The molecule has 2 fully saturated rings. The fraction of sp³-hybridized carbons (Fsp3) is 0.381. The summed E-state index contributed by atoms with van der Waals surface area (Å²) >= 11 is 7.82. The summed E-state index contributed by atoms with van der Waals surface area (Å²) < 4.78 is 0. The van der Waals surface area contributed by atoms with Crippen molar-refractivity contribution in [1.29, 1.82) is 0 Å². The van der Waals surface area contributed by atoms with Crippen molar-refractivity contribution in [3.05, 3.63) is 53.2 Å².